The summed E-state index contributed by atoms with van der Waals surface area (Å²) in [5.74, 6) is -0.419. The van der Waals surface area contributed by atoms with Gasteiger partial charge in [-0.2, -0.15) is 0 Å². The molecule has 1 aromatic heterocycles. The predicted octanol–water partition coefficient (Wildman–Crippen LogP) is 2.09. The van der Waals surface area contributed by atoms with Crippen molar-refractivity contribution in [2.75, 3.05) is 6.61 Å². The van der Waals surface area contributed by atoms with Gasteiger partial charge in [0.1, 0.15) is 11.1 Å². The van der Waals surface area contributed by atoms with Gasteiger partial charge in [0.25, 0.3) is 5.91 Å². The van der Waals surface area contributed by atoms with Crippen molar-refractivity contribution in [1.29, 1.82) is 0 Å². The van der Waals surface area contributed by atoms with Crippen molar-refractivity contribution in [3.8, 4) is 0 Å². The van der Waals surface area contributed by atoms with Crippen LogP contribution in [0.4, 0.5) is 0 Å². The number of nitrogens with one attached hydrogen (secondary N) is 1. The molecule has 0 saturated carbocycles. The van der Waals surface area contributed by atoms with E-state index in [2.05, 4.69) is 5.32 Å². The van der Waals surface area contributed by atoms with E-state index in [1.54, 1.807) is 24.3 Å². The number of rotatable bonds is 3. The van der Waals surface area contributed by atoms with Gasteiger partial charge in [-0.25, -0.2) is 4.79 Å². The van der Waals surface area contributed by atoms with Crippen molar-refractivity contribution in [1.82, 2.24) is 5.32 Å². The second-order valence-corrected chi connectivity index (χ2v) is 5.30. The zero-order valence-electron chi connectivity index (χ0n) is 11.8. The molecule has 0 unspecified atom stereocenters. The number of hydrogen-bond acceptors (Lipinski definition) is 4. The highest BCUT2D eigenvalue weighted by molar-refractivity contribution is 5.96. The second kappa shape index (κ2) is 5.69. The normalized spacial score (nSPS) is 19.6. The summed E-state index contributed by atoms with van der Waals surface area (Å²) in [6.07, 6.45) is 1.94. The first kappa shape index (κ1) is 13.8. The molecule has 1 aliphatic rings. The van der Waals surface area contributed by atoms with Gasteiger partial charge >= 0.3 is 5.63 Å². The minimum absolute atomic E-state index is 0.0152. The fourth-order valence-electron chi connectivity index (χ4n) is 2.59. The molecule has 1 amide bonds. The lowest BCUT2D eigenvalue weighted by atomic mass is 10.1. The van der Waals surface area contributed by atoms with Crippen molar-refractivity contribution >= 4 is 16.9 Å². The number of hydrogen-bond donors (Lipinski definition) is 1. The Bertz CT molecular complexity index is 716. The van der Waals surface area contributed by atoms with E-state index in [9.17, 15) is 9.59 Å². The highest BCUT2D eigenvalue weighted by Crippen LogP contribution is 2.16. The van der Waals surface area contributed by atoms with Crippen LogP contribution in [0.5, 0.6) is 0 Å². The van der Waals surface area contributed by atoms with E-state index >= 15 is 0 Å². The number of carbonyl (C=O) groups excluding carboxylic acids is 1. The zero-order valence-corrected chi connectivity index (χ0v) is 11.8. The molecule has 0 radical (unpaired) electrons. The summed E-state index contributed by atoms with van der Waals surface area (Å²) in [5, 5.41) is 3.55. The second-order valence-electron chi connectivity index (χ2n) is 5.30. The lowest BCUT2D eigenvalue weighted by molar-refractivity contribution is 0.0710. The summed E-state index contributed by atoms with van der Waals surface area (Å²) in [5.41, 5.74) is -0.115. The van der Waals surface area contributed by atoms with Gasteiger partial charge in [-0.15, -0.1) is 0 Å². The van der Waals surface area contributed by atoms with E-state index in [1.165, 1.54) is 0 Å². The number of ether oxygens (including phenoxy) is 1. The number of amides is 1. The molecular weight excluding hydrogens is 270 g/mol. The van der Waals surface area contributed by atoms with E-state index in [0.717, 1.165) is 24.8 Å². The molecule has 1 aliphatic heterocycles. The van der Waals surface area contributed by atoms with Crippen LogP contribution in [0.1, 0.15) is 30.1 Å². The number of carbonyl (C=O) groups is 1. The van der Waals surface area contributed by atoms with Crippen LogP contribution >= 0.6 is 0 Å². The maximum absolute atomic E-state index is 12.2. The molecule has 3 rings (SSSR count). The van der Waals surface area contributed by atoms with Crippen LogP contribution in [0.25, 0.3) is 11.0 Å². The van der Waals surface area contributed by atoms with Gasteiger partial charge in [-0.3, -0.25) is 4.79 Å². The first-order valence-electron chi connectivity index (χ1n) is 7.10. The number of benzene rings is 1. The smallest absolute Gasteiger partial charge is 0.349 e. The first-order chi connectivity index (χ1) is 10.1. The summed E-state index contributed by atoms with van der Waals surface area (Å²) >= 11 is 0. The third kappa shape index (κ3) is 2.83. The van der Waals surface area contributed by atoms with Gasteiger partial charge in [0.2, 0.25) is 0 Å². The quantitative estimate of drug-likeness (QED) is 0.878. The Kier molecular flexibility index (Phi) is 3.75. The minimum Gasteiger partial charge on any atom is -0.422 e. The van der Waals surface area contributed by atoms with Crippen molar-refractivity contribution in [3.63, 3.8) is 0 Å². The van der Waals surface area contributed by atoms with E-state index in [1.807, 2.05) is 13.0 Å². The molecule has 5 heteroatoms. The van der Waals surface area contributed by atoms with Crippen LogP contribution in [-0.4, -0.2) is 24.7 Å². The average Bonchev–Trinajstić information content (AvgIpc) is 3.00. The van der Waals surface area contributed by atoms with Crippen LogP contribution in [0, 0.1) is 0 Å². The third-order valence-electron chi connectivity index (χ3n) is 3.77. The maximum Gasteiger partial charge on any atom is 0.349 e. The molecular formula is C16H17NO4. The molecule has 21 heavy (non-hydrogen) atoms. The van der Waals surface area contributed by atoms with Gasteiger partial charge in [0.15, 0.2) is 0 Å². The fraction of sp³-hybridized carbons (Fsp3) is 0.375. The summed E-state index contributed by atoms with van der Waals surface area (Å²) in [4.78, 5) is 24.2. The van der Waals surface area contributed by atoms with E-state index < -0.39 is 11.5 Å². The minimum atomic E-state index is -0.620. The van der Waals surface area contributed by atoms with Crippen molar-refractivity contribution < 1.29 is 13.9 Å². The summed E-state index contributed by atoms with van der Waals surface area (Å²) in [6, 6.07) is 8.56. The molecule has 5 nitrogen and oxygen atoms in total. The largest absolute Gasteiger partial charge is 0.422 e. The van der Waals surface area contributed by atoms with Gasteiger partial charge in [0.05, 0.1) is 12.1 Å². The molecule has 1 aromatic carbocycles. The van der Waals surface area contributed by atoms with Crippen LogP contribution in [-0.2, 0) is 4.74 Å². The van der Waals surface area contributed by atoms with Gasteiger partial charge in [0, 0.05) is 12.0 Å². The number of fused-ring (bicyclic) bond motifs is 1. The van der Waals surface area contributed by atoms with Crippen molar-refractivity contribution in [2.24, 2.45) is 0 Å². The standard InChI is InChI=1S/C16H17NO4/c1-10(13-7-4-8-20-13)17-15(18)12-9-11-5-2-3-6-14(11)21-16(12)19/h2-3,5-6,9-10,13H,4,7-8H2,1H3,(H,17,18)/t10-,13-/m1/s1. The van der Waals surface area contributed by atoms with Crippen molar-refractivity contribution in [2.45, 2.75) is 31.9 Å². The molecule has 110 valence electrons. The Morgan fingerprint density at radius 1 is 1.38 bits per heavy atom. The molecule has 1 fully saturated rings. The van der Waals surface area contributed by atoms with Crippen LogP contribution in [0.3, 0.4) is 0 Å². The Balaban J connectivity index is 1.83. The molecule has 0 aliphatic carbocycles. The monoisotopic (exact) mass is 287 g/mol. The zero-order chi connectivity index (χ0) is 14.8. The first-order valence-corrected chi connectivity index (χ1v) is 7.10. The molecule has 2 heterocycles. The molecule has 0 bridgehead atoms. The van der Waals surface area contributed by atoms with Gasteiger partial charge in [-0.05, 0) is 31.9 Å². The summed E-state index contributed by atoms with van der Waals surface area (Å²) < 4.78 is 10.7. The number of para-hydroxylation sites is 1. The summed E-state index contributed by atoms with van der Waals surface area (Å²) in [6.45, 7) is 2.61. The molecule has 2 aromatic rings. The molecule has 2 atom stereocenters. The Hall–Kier alpha value is -2.14. The topological polar surface area (TPSA) is 68.5 Å². The molecule has 1 N–H and O–H groups in total. The van der Waals surface area contributed by atoms with Crippen LogP contribution in [0.15, 0.2) is 39.5 Å². The van der Waals surface area contributed by atoms with Crippen molar-refractivity contribution in [3.05, 3.63) is 46.3 Å². The Morgan fingerprint density at radius 2 is 2.19 bits per heavy atom. The van der Waals surface area contributed by atoms with Gasteiger partial charge < -0.3 is 14.5 Å². The highest BCUT2D eigenvalue weighted by Gasteiger charge is 2.25. The van der Waals surface area contributed by atoms with E-state index in [0.29, 0.717) is 5.58 Å². The molecule has 0 spiro atoms. The van der Waals surface area contributed by atoms with Gasteiger partial charge in [-0.1, -0.05) is 18.2 Å². The third-order valence-corrected chi connectivity index (χ3v) is 3.77. The Labute approximate surface area is 121 Å². The average molecular weight is 287 g/mol. The maximum atomic E-state index is 12.2. The van der Waals surface area contributed by atoms with E-state index in [4.69, 9.17) is 9.15 Å². The summed E-state index contributed by atoms with van der Waals surface area (Å²) in [7, 11) is 0. The van der Waals surface area contributed by atoms with Crippen LogP contribution < -0.4 is 10.9 Å². The van der Waals surface area contributed by atoms with E-state index in [-0.39, 0.29) is 17.7 Å². The SMILES string of the molecule is C[C@@H](NC(=O)c1cc2ccccc2oc1=O)[C@H]1CCCO1. The fourth-order valence-corrected chi connectivity index (χ4v) is 2.59. The lowest BCUT2D eigenvalue weighted by Crippen LogP contribution is -2.42. The van der Waals surface area contributed by atoms with Crippen LogP contribution in [0.2, 0.25) is 0 Å². The lowest BCUT2D eigenvalue weighted by Gasteiger charge is -2.19. The predicted molar refractivity (Wildman–Crippen MR) is 78.4 cm³/mol. The molecule has 1 saturated heterocycles. The highest BCUT2D eigenvalue weighted by atomic mass is 16.5. The Morgan fingerprint density at radius 3 is 2.95 bits per heavy atom.